The molecule has 3 rings (SSSR count). The first kappa shape index (κ1) is 18.7. The second kappa shape index (κ2) is 9.05. The molecule has 3 aromatic rings. The van der Waals surface area contributed by atoms with Crippen LogP contribution in [0.4, 0.5) is 5.69 Å². The number of hydrogen-bond donors (Lipinski definition) is 1. The number of para-hydroxylation sites is 1. The number of anilines is 1. The molecule has 0 aliphatic carbocycles. The minimum absolute atomic E-state index is 0.169. The van der Waals surface area contributed by atoms with Gasteiger partial charge in [0.25, 0.3) is 0 Å². The molecule has 0 radical (unpaired) electrons. The van der Waals surface area contributed by atoms with Gasteiger partial charge in [-0.3, -0.25) is 4.79 Å². The summed E-state index contributed by atoms with van der Waals surface area (Å²) in [6.45, 7) is 0.375. The van der Waals surface area contributed by atoms with Gasteiger partial charge in [-0.1, -0.05) is 18.2 Å². The first-order chi connectivity index (χ1) is 13.2. The van der Waals surface area contributed by atoms with Crippen molar-refractivity contribution >= 4 is 22.9 Å². The fourth-order valence-corrected chi connectivity index (χ4v) is 3.13. The lowest BCUT2D eigenvalue weighted by Gasteiger charge is -2.11. The van der Waals surface area contributed by atoms with Crippen molar-refractivity contribution in [2.24, 2.45) is 0 Å². The maximum atomic E-state index is 12.4. The van der Waals surface area contributed by atoms with E-state index in [0.717, 1.165) is 10.8 Å². The number of ether oxygens (including phenoxy) is 3. The van der Waals surface area contributed by atoms with Crippen LogP contribution in [0, 0.1) is 0 Å². The van der Waals surface area contributed by atoms with Crippen LogP contribution in [0.5, 0.6) is 17.2 Å². The van der Waals surface area contributed by atoms with Gasteiger partial charge in [-0.05, 0) is 24.3 Å². The fourth-order valence-electron chi connectivity index (χ4n) is 2.43. The van der Waals surface area contributed by atoms with Crippen molar-refractivity contribution in [2.45, 2.75) is 13.0 Å². The van der Waals surface area contributed by atoms with Crippen LogP contribution in [-0.2, 0) is 17.8 Å². The van der Waals surface area contributed by atoms with Crippen molar-refractivity contribution in [1.82, 2.24) is 4.98 Å². The summed E-state index contributed by atoms with van der Waals surface area (Å²) < 4.78 is 16.1. The highest BCUT2D eigenvalue weighted by molar-refractivity contribution is 7.09. The minimum Gasteiger partial charge on any atom is -0.497 e. The topological polar surface area (TPSA) is 69.7 Å². The van der Waals surface area contributed by atoms with Gasteiger partial charge in [0.15, 0.2) is 0 Å². The molecule has 27 heavy (non-hydrogen) atoms. The van der Waals surface area contributed by atoms with Gasteiger partial charge in [-0.25, -0.2) is 4.98 Å². The Labute approximate surface area is 161 Å². The number of amides is 1. The highest BCUT2D eigenvalue weighted by Crippen LogP contribution is 2.29. The molecule has 0 saturated carbocycles. The number of nitrogens with zero attached hydrogens (tertiary/aromatic N) is 1. The molecule has 2 aromatic carbocycles. The normalized spacial score (nSPS) is 10.3. The highest BCUT2D eigenvalue weighted by atomic mass is 32.1. The summed E-state index contributed by atoms with van der Waals surface area (Å²) in [5, 5.41) is 5.53. The standard InChI is InChI=1S/C20H20N2O4S/c1-24-16-8-9-18(25-2)17(11-16)22-19(23)10-14-13-27-20(21-14)12-26-15-6-4-3-5-7-15/h3-9,11,13H,10,12H2,1-2H3,(H,22,23). The van der Waals surface area contributed by atoms with E-state index in [2.05, 4.69) is 10.3 Å². The number of thiazole rings is 1. The summed E-state index contributed by atoms with van der Waals surface area (Å²) >= 11 is 1.47. The number of hydrogen-bond acceptors (Lipinski definition) is 6. The van der Waals surface area contributed by atoms with Crippen LogP contribution in [0.1, 0.15) is 10.7 Å². The average Bonchev–Trinajstić information content (AvgIpc) is 3.14. The van der Waals surface area contributed by atoms with E-state index in [1.165, 1.54) is 11.3 Å². The Morgan fingerprint density at radius 2 is 1.89 bits per heavy atom. The summed E-state index contributed by atoms with van der Waals surface area (Å²) in [4.78, 5) is 16.8. The molecule has 0 aliphatic rings. The smallest absolute Gasteiger partial charge is 0.230 e. The lowest BCUT2D eigenvalue weighted by atomic mass is 10.2. The van der Waals surface area contributed by atoms with E-state index < -0.39 is 0 Å². The Kier molecular flexibility index (Phi) is 6.27. The van der Waals surface area contributed by atoms with Gasteiger partial charge in [0, 0.05) is 11.4 Å². The quantitative estimate of drug-likeness (QED) is 0.637. The predicted molar refractivity (Wildman–Crippen MR) is 105 cm³/mol. The Balaban J connectivity index is 1.58. The number of benzene rings is 2. The zero-order chi connectivity index (χ0) is 19.1. The number of rotatable bonds is 8. The fraction of sp³-hybridized carbons (Fsp3) is 0.200. The molecule has 0 unspecified atom stereocenters. The van der Waals surface area contributed by atoms with Crippen LogP contribution in [0.2, 0.25) is 0 Å². The average molecular weight is 384 g/mol. The molecule has 1 N–H and O–H groups in total. The van der Waals surface area contributed by atoms with Gasteiger partial charge in [-0.2, -0.15) is 0 Å². The van der Waals surface area contributed by atoms with E-state index in [1.807, 2.05) is 35.7 Å². The van der Waals surface area contributed by atoms with E-state index in [0.29, 0.717) is 29.5 Å². The number of carbonyl (C=O) groups is 1. The Morgan fingerprint density at radius 3 is 2.63 bits per heavy atom. The molecule has 140 valence electrons. The van der Waals surface area contributed by atoms with Crippen molar-refractivity contribution in [3.63, 3.8) is 0 Å². The molecule has 1 heterocycles. The highest BCUT2D eigenvalue weighted by Gasteiger charge is 2.12. The third kappa shape index (κ3) is 5.21. The number of carbonyl (C=O) groups excluding carboxylic acids is 1. The van der Waals surface area contributed by atoms with Crippen LogP contribution in [0.25, 0.3) is 0 Å². The van der Waals surface area contributed by atoms with Gasteiger partial charge in [0.2, 0.25) is 5.91 Å². The van der Waals surface area contributed by atoms with Gasteiger partial charge in [0.1, 0.15) is 28.9 Å². The van der Waals surface area contributed by atoms with Crippen molar-refractivity contribution in [3.8, 4) is 17.2 Å². The van der Waals surface area contributed by atoms with E-state index in [-0.39, 0.29) is 12.3 Å². The lowest BCUT2D eigenvalue weighted by Crippen LogP contribution is -2.15. The van der Waals surface area contributed by atoms with Crippen LogP contribution in [-0.4, -0.2) is 25.1 Å². The van der Waals surface area contributed by atoms with Gasteiger partial charge < -0.3 is 19.5 Å². The largest absolute Gasteiger partial charge is 0.497 e. The summed E-state index contributed by atoms with van der Waals surface area (Å²) in [6, 6.07) is 14.8. The van der Waals surface area contributed by atoms with E-state index in [9.17, 15) is 4.79 Å². The molecule has 6 nitrogen and oxygen atoms in total. The molecule has 0 fully saturated rings. The molecular weight excluding hydrogens is 364 g/mol. The van der Waals surface area contributed by atoms with Gasteiger partial charge in [0.05, 0.1) is 32.0 Å². The van der Waals surface area contributed by atoms with Gasteiger partial charge >= 0.3 is 0 Å². The Hall–Kier alpha value is -3.06. The van der Waals surface area contributed by atoms with Crippen molar-refractivity contribution < 1.29 is 19.0 Å². The maximum Gasteiger partial charge on any atom is 0.230 e. The van der Waals surface area contributed by atoms with Crippen molar-refractivity contribution in [3.05, 3.63) is 64.6 Å². The zero-order valence-corrected chi connectivity index (χ0v) is 15.9. The molecule has 0 bridgehead atoms. The Morgan fingerprint density at radius 1 is 1.07 bits per heavy atom. The second-order valence-corrected chi connectivity index (χ2v) is 6.57. The van der Waals surface area contributed by atoms with Crippen molar-refractivity contribution in [2.75, 3.05) is 19.5 Å². The molecule has 1 amide bonds. The van der Waals surface area contributed by atoms with E-state index in [1.54, 1.807) is 32.4 Å². The predicted octanol–water partition coefficient (Wildman–Crippen LogP) is 3.92. The lowest BCUT2D eigenvalue weighted by molar-refractivity contribution is -0.115. The molecule has 0 spiro atoms. The summed E-state index contributed by atoms with van der Waals surface area (Å²) in [7, 11) is 3.12. The molecular formula is C20H20N2O4S. The number of nitrogens with one attached hydrogen (secondary N) is 1. The Bertz CT molecular complexity index is 896. The first-order valence-corrected chi connectivity index (χ1v) is 9.19. The molecule has 1 aromatic heterocycles. The maximum absolute atomic E-state index is 12.4. The van der Waals surface area contributed by atoms with Crippen LogP contribution < -0.4 is 19.5 Å². The molecule has 0 aliphatic heterocycles. The summed E-state index contributed by atoms with van der Waals surface area (Å²) in [6.07, 6.45) is 0.169. The summed E-state index contributed by atoms with van der Waals surface area (Å²) in [5.74, 6) is 1.82. The van der Waals surface area contributed by atoms with Crippen molar-refractivity contribution in [1.29, 1.82) is 0 Å². The third-order valence-corrected chi connectivity index (χ3v) is 4.60. The number of aromatic nitrogens is 1. The van der Waals surface area contributed by atoms with E-state index in [4.69, 9.17) is 14.2 Å². The van der Waals surface area contributed by atoms with Crippen LogP contribution in [0.3, 0.4) is 0 Å². The van der Waals surface area contributed by atoms with Gasteiger partial charge in [-0.15, -0.1) is 11.3 Å². The monoisotopic (exact) mass is 384 g/mol. The van der Waals surface area contributed by atoms with Crippen LogP contribution in [0.15, 0.2) is 53.9 Å². The number of methoxy groups -OCH3 is 2. The third-order valence-electron chi connectivity index (χ3n) is 3.73. The minimum atomic E-state index is -0.178. The van der Waals surface area contributed by atoms with E-state index >= 15 is 0 Å². The summed E-state index contributed by atoms with van der Waals surface area (Å²) in [5.41, 5.74) is 1.26. The second-order valence-electron chi connectivity index (χ2n) is 5.63. The van der Waals surface area contributed by atoms with Crippen LogP contribution >= 0.6 is 11.3 Å². The zero-order valence-electron chi connectivity index (χ0n) is 15.1. The molecule has 7 heteroatoms. The first-order valence-electron chi connectivity index (χ1n) is 8.31. The molecule has 0 saturated heterocycles. The SMILES string of the molecule is COc1ccc(OC)c(NC(=O)Cc2csc(COc3ccccc3)n2)c1. The molecule has 0 atom stereocenters.